The molecule has 0 rings (SSSR count). The monoisotopic (exact) mass is 201 g/mol. The molecule has 0 aromatic rings. The summed E-state index contributed by atoms with van der Waals surface area (Å²) in [6.07, 6.45) is 3.05. The van der Waals surface area contributed by atoms with Crippen molar-refractivity contribution in [2.24, 2.45) is 5.73 Å². The highest BCUT2D eigenvalue weighted by Gasteiger charge is 2.04. The Morgan fingerprint density at radius 1 is 1.50 bits per heavy atom. The first kappa shape index (κ1) is 13.4. The Hall–Kier alpha value is -0.610. The summed E-state index contributed by atoms with van der Waals surface area (Å²) in [5.41, 5.74) is 5.33. The summed E-state index contributed by atoms with van der Waals surface area (Å²) in [7, 11) is 0. The molecule has 0 aliphatic rings. The van der Waals surface area contributed by atoms with Gasteiger partial charge in [-0.3, -0.25) is 4.79 Å². The standard InChI is InChI=1S/C10H23N3O/c1-3-5-9(2)13-10(14)8-12-7-4-6-11/h9,12H,3-8,11H2,1-2H3,(H,13,14). The molecule has 1 amide bonds. The van der Waals surface area contributed by atoms with Crippen LogP contribution in [0.15, 0.2) is 0 Å². The van der Waals surface area contributed by atoms with Crippen LogP contribution in [0.25, 0.3) is 0 Å². The van der Waals surface area contributed by atoms with E-state index in [-0.39, 0.29) is 11.9 Å². The molecular weight excluding hydrogens is 178 g/mol. The highest BCUT2D eigenvalue weighted by Crippen LogP contribution is 1.93. The van der Waals surface area contributed by atoms with E-state index in [1.807, 2.05) is 6.92 Å². The van der Waals surface area contributed by atoms with Crippen LogP contribution in [0.5, 0.6) is 0 Å². The predicted molar refractivity (Wildman–Crippen MR) is 59.1 cm³/mol. The zero-order chi connectivity index (χ0) is 10.8. The molecule has 4 nitrogen and oxygen atoms in total. The molecule has 4 N–H and O–H groups in total. The Bertz CT molecular complexity index is 150. The van der Waals surface area contributed by atoms with Gasteiger partial charge in [0.15, 0.2) is 0 Å². The molecule has 0 bridgehead atoms. The van der Waals surface area contributed by atoms with Gasteiger partial charge in [-0.05, 0) is 32.9 Å². The molecule has 0 heterocycles. The van der Waals surface area contributed by atoms with Gasteiger partial charge in [-0.1, -0.05) is 13.3 Å². The third kappa shape index (κ3) is 8.01. The molecule has 84 valence electrons. The van der Waals surface area contributed by atoms with Crippen LogP contribution in [0.1, 0.15) is 33.1 Å². The number of rotatable bonds is 8. The molecule has 0 saturated carbocycles. The second kappa shape index (κ2) is 8.97. The third-order valence-electron chi connectivity index (χ3n) is 1.97. The lowest BCUT2D eigenvalue weighted by atomic mass is 10.2. The van der Waals surface area contributed by atoms with Gasteiger partial charge in [0.25, 0.3) is 0 Å². The molecular formula is C10H23N3O. The number of carbonyl (C=O) groups excluding carboxylic acids is 1. The van der Waals surface area contributed by atoms with E-state index >= 15 is 0 Å². The number of hydrogen-bond acceptors (Lipinski definition) is 3. The van der Waals surface area contributed by atoms with Crippen LogP contribution in [-0.4, -0.2) is 31.6 Å². The highest BCUT2D eigenvalue weighted by molar-refractivity contribution is 5.78. The Labute approximate surface area is 86.6 Å². The molecule has 0 aromatic heterocycles. The lowest BCUT2D eigenvalue weighted by molar-refractivity contribution is -0.120. The molecule has 4 heteroatoms. The fourth-order valence-electron chi connectivity index (χ4n) is 1.26. The molecule has 1 atom stereocenters. The normalized spacial score (nSPS) is 12.5. The first-order valence-corrected chi connectivity index (χ1v) is 5.40. The quantitative estimate of drug-likeness (QED) is 0.492. The molecule has 0 aromatic carbocycles. The molecule has 0 aliphatic heterocycles. The molecule has 1 unspecified atom stereocenters. The first-order valence-electron chi connectivity index (χ1n) is 5.40. The fraction of sp³-hybridized carbons (Fsp3) is 0.900. The summed E-state index contributed by atoms with van der Waals surface area (Å²) in [4.78, 5) is 11.3. The van der Waals surface area contributed by atoms with E-state index in [0.717, 1.165) is 25.8 Å². The van der Waals surface area contributed by atoms with Gasteiger partial charge in [0.1, 0.15) is 0 Å². The zero-order valence-corrected chi connectivity index (χ0v) is 9.31. The van der Waals surface area contributed by atoms with Gasteiger partial charge in [-0.25, -0.2) is 0 Å². The highest BCUT2D eigenvalue weighted by atomic mass is 16.1. The van der Waals surface area contributed by atoms with Crippen LogP contribution >= 0.6 is 0 Å². The van der Waals surface area contributed by atoms with Crippen molar-refractivity contribution < 1.29 is 4.79 Å². The largest absolute Gasteiger partial charge is 0.353 e. The van der Waals surface area contributed by atoms with Crippen LogP contribution in [0.2, 0.25) is 0 Å². The Morgan fingerprint density at radius 2 is 2.21 bits per heavy atom. The minimum Gasteiger partial charge on any atom is -0.353 e. The van der Waals surface area contributed by atoms with Crippen molar-refractivity contribution in [2.45, 2.75) is 39.2 Å². The average molecular weight is 201 g/mol. The van der Waals surface area contributed by atoms with Crippen molar-refractivity contribution in [1.82, 2.24) is 10.6 Å². The van der Waals surface area contributed by atoms with Crippen molar-refractivity contribution in [3.05, 3.63) is 0 Å². The summed E-state index contributed by atoms with van der Waals surface area (Å²) >= 11 is 0. The van der Waals surface area contributed by atoms with E-state index in [1.165, 1.54) is 0 Å². The van der Waals surface area contributed by atoms with Gasteiger partial charge in [0.2, 0.25) is 5.91 Å². The van der Waals surface area contributed by atoms with Gasteiger partial charge in [-0.15, -0.1) is 0 Å². The number of nitrogens with one attached hydrogen (secondary N) is 2. The predicted octanol–water partition coefficient (Wildman–Crippen LogP) is 0.230. The summed E-state index contributed by atoms with van der Waals surface area (Å²) in [5, 5.41) is 5.97. The van der Waals surface area contributed by atoms with E-state index in [2.05, 4.69) is 17.6 Å². The Kier molecular flexibility index (Phi) is 8.57. The SMILES string of the molecule is CCCC(C)NC(=O)CNCCCN. The molecule has 0 aliphatic carbocycles. The van der Waals surface area contributed by atoms with Crippen LogP contribution < -0.4 is 16.4 Å². The lowest BCUT2D eigenvalue weighted by Crippen LogP contribution is -2.39. The summed E-state index contributed by atoms with van der Waals surface area (Å²) in [5.74, 6) is 0.0722. The van der Waals surface area contributed by atoms with Crippen molar-refractivity contribution >= 4 is 5.91 Å². The summed E-state index contributed by atoms with van der Waals surface area (Å²) < 4.78 is 0. The van der Waals surface area contributed by atoms with E-state index < -0.39 is 0 Å². The van der Waals surface area contributed by atoms with Crippen molar-refractivity contribution in [2.75, 3.05) is 19.6 Å². The van der Waals surface area contributed by atoms with E-state index in [0.29, 0.717) is 13.1 Å². The minimum atomic E-state index is 0.0722. The molecule has 0 radical (unpaired) electrons. The molecule has 0 fully saturated rings. The van der Waals surface area contributed by atoms with Gasteiger partial charge >= 0.3 is 0 Å². The maximum Gasteiger partial charge on any atom is 0.234 e. The Balaban J connectivity index is 3.35. The number of nitrogens with two attached hydrogens (primary N) is 1. The minimum absolute atomic E-state index is 0.0722. The summed E-state index contributed by atoms with van der Waals surface area (Å²) in [6.45, 7) is 6.02. The van der Waals surface area contributed by atoms with Crippen LogP contribution in [-0.2, 0) is 4.79 Å². The maximum atomic E-state index is 11.3. The number of hydrogen-bond donors (Lipinski definition) is 3. The second-order valence-corrected chi connectivity index (χ2v) is 3.58. The maximum absolute atomic E-state index is 11.3. The van der Waals surface area contributed by atoms with Crippen molar-refractivity contribution in [3.63, 3.8) is 0 Å². The first-order chi connectivity index (χ1) is 6.70. The van der Waals surface area contributed by atoms with Crippen molar-refractivity contribution in [3.8, 4) is 0 Å². The lowest BCUT2D eigenvalue weighted by Gasteiger charge is -2.12. The second-order valence-electron chi connectivity index (χ2n) is 3.58. The van der Waals surface area contributed by atoms with E-state index in [9.17, 15) is 4.79 Å². The van der Waals surface area contributed by atoms with E-state index in [1.54, 1.807) is 0 Å². The molecule has 14 heavy (non-hydrogen) atoms. The van der Waals surface area contributed by atoms with Crippen LogP contribution in [0.4, 0.5) is 0 Å². The van der Waals surface area contributed by atoms with Gasteiger partial charge in [-0.2, -0.15) is 0 Å². The summed E-state index contributed by atoms with van der Waals surface area (Å²) in [6, 6.07) is 0.281. The third-order valence-corrected chi connectivity index (χ3v) is 1.97. The van der Waals surface area contributed by atoms with Crippen LogP contribution in [0.3, 0.4) is 0 Å². The molecule has 0 saturated heterocycles. The fourth-order valence-corrected chi connectivity index (χ4v) is 1.26. The molecule has 0 spiro atoms. The zero-order valence-electron chi connectivity index (χ0n) is 9.31. The number of amides is 1. The Morgan fingerprint density at radius 3 is 2.79 bits per heavy atom. The van der Waals surface area contributed by atoms with Gasteiger partial charge in [0, 0.05) is 6.04 Å². The van der Waals surface area contributed by atoms with Crippen molar-refractivity contribution in [1.29, 1.82) is 0 Å². The number of carbonyl (C=O) groups is 1. The van der Waals surface area contributed by atoms with Gasteiger partial charge in [0.05, 0.1) is 6.54 Å². The topological polar surface area (TPSA) is 67.2 Å². The smallest absolute Gasteiger partial charge is 0.234 e. The van der Waals surface area contributed by atoms with E-state index in [4.69, 9.17) is 5.73 Å². The van der Waals surface area contributed by atoms with Gasteiger partial charge < -0.3 is 16.4 Å². The van der Waals surface area contributed by atoms with Crippen LogP contribution in [0, 0.1) is 0 Å². The average Bonchev–Trinajstić information content (AvgIpc) is 2.13.